The molecule has 0 aliphatic heterocycles. The minimum Gasteiger partial charge on any atom is -0.494 e. The highest BCUT2D eigenvalue weighted by molar-refractivity contribution is 5.72. The number of carboxylic acid groups (broad SMARTS) is 1. The lowest BCUT2D eigenvalue weighted by atomic mass is 10.1. The van der Waals surface area contributed by atoms with Crippen molar-refractivity contribution in [2.24, 2.45) is 0 Å². The third-order valence-electron chi connectivity index (χ3n) is 6.54. The first-order valence-corrected chi connectivity index (χ1v) is 14.6. The first kappa shape index (κ1) is 32.8. The normalized spacial score (nSPS) is 11.3. The molecule has 1 unspecified atom stereocenters. The highest BCUT2D eigenvalue weighted by atomic mass is 19.1. The summed E-state index contributed by atoms with van der Waals surface area (Å²) in [5, 5.41) is 9.32. The Morgan fingerprint density at radius 1 is 0.733 bits per heavy atom. The number of amides is 1. The molecule has 4 rings (SSSR count). The quantitative estimate of drug-likeness (QED) is 0.126. The number of nitrogens with zero attached hydrogens (tertiary/aromatic N) is 1. The van der Waals surface area contributed by atoms with Crippen molar-refractivity contribution in [3.63, 3.8) is 0 Å². The molecule has 1 N–H and O–H groups in total. The second-order valence-corrected chi connectivity index (χ2v) is 9.88. The lowest BCUT2D eigenvalue weighted by Crippen LogP contribution is -2.38. The molecule has 45 heavy (non-hydrogen) atoms. The van der Waals surface area contributed by atoms with Gasteiger partial charge >= 0.3 is 12.1 Å². The molecule has 9 nitrogen and oxygen atoms in total. The standard InChI is InChI=1S/C35H36FNO8/c1-2-41-33(34(38)39)25-26-9-13-28(14-10-26)43-24-22-37(21-6-23-42-29-15-11-27(36)12-16-29)35(40)45-32-19-17-31(18-20-32)44-30-7-4-3-5-8-30/h3-5,7-20,33H,2,6,21-25H2,1H3,(H,38,39). The second-order valence-electron chi connectivity index (χ2n) is 9.88. The van der Waals surface area contributed by atoms with Gasteiger partial charge in [-0.1, -0.05) is 30.3 Å². The minimum absolute atomic E-state index is 0.188. The van der Waals surface area contributed by atoms with Crippen LogP contribution in [-0.2, 0) is 16.0 Å². The van der Waals surface area contributed by atoms with E-state index in [1.165, 1.54) is 17.0 Å². The number of carboxylic acids is 1. The van der Waals surface area contributed by atoms with Gasteiger partial charge < -0.3 is 33.7 Å². The summed E-state index contributed by atoms with van der Waals surface area (Å²) in [4.78, 5) is 26.1. The average molecular weight is 618 g/mol. The number of benzene rings is 4. The number of carbonyl (C=O) groups excluding carboxylic acids is 1. The van der Waals surface area contributed by atoms with Gasteiger partial charge in [0.2, 0.25) is 0 Å². The molecule has 10 heteroatoms. The van der Waals surface area contributed by atoms with E-state index in [1.54, 1.807) is 67.6 Å². The monoisotopic (exact) mass is 617 g/mol. The van der Waals surface area contributed by atoms with Crippen LogP contribution in [0.25, 0.3) is 0 Å². The highest BCUT2D eigenvalue weighted by Crippen LogP contribution is 2.24. The van der Waals surface area contributed by atoms with Crippen molar-refractivity contribution in [3.05, 3.63) is 115 Å². The van der Waals surface area contributed by atoms with E-state index in [9.17, 15) is 19.1 Å². The number of para-hydroxylation sites is 1. The lowest BCUT2D eigenvalue weighted by Gasteiger charge is -2.22. The van der Waals surface area contributed by atoms with Crippen LogP contribution in [0.5, 0.6) is 28.7 Å². The molecule has 0 heterocycles. The van der Waals surface area contributed by atoms with Gasteiger partial charge in [0.15, 0.2) is 6.10 Å². The Kier molecular flexibility index (Phi) is 12.6. The smallest absolute Gasteiger partial charge is 0.415 e. The van der Waals surface area contributed by atoms with Crippen LogP contribution in [0.1, 0.15) is 18.9 Å². The third-order valence-corrected chi connectivity index (χ3v) is 6.54. The molecule has 4 aromatic carbocycles. The Morgan fingerprint density at radius 3 is 1.96 bits per heavy atom. The fraction of sp³-hybridized carbons (Fsp3) is 0.257. The topological polar surface area (TPSA) is 104 Å². The number of rotatable bonds is 17. The van der Waals surface area contributed by atoms with Gasteiger partial charge in [-0.3, -0.25) is 0 Å². The largest absolute Gasteiger partial charge is 0.494 e. The van der Waals surface area contributed by atoms with Gasteiger partial charge in [0.05, 0.1) is 13.2 Å². The van der Waals surface area contributed by atoms with Crippen molar-refractivity contribution in [1.29, 1.82) is 0 Å². The summed E-state index contributed by atoms with van der Waals surface area (Å²) in [6, 6.07) is 28.9. The molecular formula is C35H36FNO8. The molecule has 0 saturated heterocycles. The summed E-state index contributed by atoms with van der Waals surface area (Å²) < 4.78 is 41.5. The Morgan fingerprint density at radius 2 is 1.31 bits per heavy atom. The van der Waals surface area contributed by atoms with Gasteiger partial charge in [-0.25, -0.2) is 14.0 Å². The molecule has 0 fully saturated rings. The van der Waals surface area contributed by atoms with Crippen LogP contribution in [-0.4, -0.2) is 61.1 Å². The third kappa shape index (κ3) is 11.2. The molecule has 0 saturated carbocycles. The van der Waals surface area contributed by atoms with Crippen molar-refractivity contribution in [1.82, 2.24) is 4.90 Å². The lowest BCUT2D eigenvalue weighted by molar-refractivity contribution is -0.149. The predicted octanol–water partition coefficient (Wildman–Crippen LogP) is 7.00. The maximum Gasteiger partial charge on any atom is 0.415 e. The van der Waals surface area contributed by atoms with E-state index in [2.05, 4.69) is 0 Å². The van der Waals surface area contributed by atoms with E-state index in [4.69, 9.17) is 23.7 Å². The van der Waals surface area contributed by atoms with E-state index < -0.39 is 18.2 Å². The molecule has 1 amide bonds. The number of hydrogen-bond acceptors (Lipinski definition) is 7. The zero-order valence-corrected chi connectivity index (χ0v) is 25.0. The van der Waals surface area contributed by atoms with Gasteiger partial charge in [0.1, 0.15) is 41.2 Å². The van der Waals surface area contributed by atoms with Gasteiger partial charge in [-0.2, -0.15) is 0 Å². The van der Waals surface area contributed by atoms with Crippen molar-refractivity contribution in [2.75, 3.05) is 32.9 Å². The highest BCUT2D eigenvalue weighted by Gasteiger charge is 2.19. The molecule has 0 aromatic heterocycles. The van der Waals surface area contributed by atoms with Crippen molar-refractivity contribution in [3.8, 4) is 28.7 Å². The van der Waals surface area contributed by atoms with Crippen molar-refractivity contribution < 1.29 is 42.8 Å². The zero-order chi connectivity index (χ0) is 31.9. The molecule has 4 aromatic rings. The Labute approximate surface area is 261 Å². The van der Waals surface area contributed by atoms with Crippen LogP contribution in [0.4, 0.5) is 9.18 Å². The van der Waals surface area contributed by atoms with Crippen LogP contribution < -0.4 is 18.9 Å². The van der Waals surface area contributed by atoms with Crippen LogP contribution in [0.2, 0.25) is 0 Å². The summed E-state index contributed by atoms with van der Waals surface area (Å²) in [6.45, 7) is 3.12. The van der Waals surface area contributed by atoms with Gasteiger partial charge in [0.25, 0.3) is 0 Å². The number of hydrogen-bond donors (Lipinski definition) is 1. The summed E-state index contributed by atoms with van der Waals surface area (Å²) in [6.07, 6.45) is -0.734. The number of halogens is 1. The summed E-state index contributed by atoms with van der Waals surface area (Å²) >= 11 is 0. The Hall–Kier alpha value is -5.09. The number of aliphatic carboxylic acids is 1. The Bertz CT molecular complexity index is 1460. The molecule has 236 valence electrons. The molecule has 0 radical (unpaired) electrons. The van der Waals surface area contributed by atoms with Crippen molar-refractivity contribution in [2.45, 2.75) is 25.9 Å². The number of ether oxygens (including phenoxy) is 5. The fourth-order valence-corrected chi connectivity index (χ4v) is 4.26. The first-order chi connectivity index (χ1) is 21.9. The molecule has 0 aliphatic carbocycles. The van der Waals surface area contributed by atoms with Gasteiger partial charge in [-0.05, 0) is 91.7 Å². The van der Waals surface area contributed by atoms with Crippen LogP contribution in [0.15, 0.2) is 103 Å². The van der Waals surface area contributed by atoms with Gasteiger partial charge in [0, 0.05) is 19.6 Å². The van der Waals surface area contributed by atoms with E-state index >= 15 is 0 Å². The van der Waals surface area contributed by atoms with E-state index in [0.29, 0.717) is 54.9 Å². The fourth-order valence-electron chi connectivity index (χ4n) is 4.26. The van der Waals surface area contributed by atoms with Gasteiger partial charge in [-0.15, -0.1) is 0 Å². The second kappa shape index (κ2) is 17.3. The molecular weight excluding hydrogens is 581 g/mol. The molecule has 0 aliphatic rings. The average Bonchev–Trinajstić information content (AvgIpc) is 3.05. The maximum atomic E-state index is 13.2. The van der Waals surface area contributed by atoms with E-state index in [0.717, 1.165) is 5.56 Å². The minimum atomic E-state index is -1.01. The van der Waals surface area contributed by atoms with E-state index in [1.807, 2.05) is 30.3 Å². The predicted molar refractivity (Wildman–Crippen MR) is 166 cm³/mol. The van der Waals surface area contributed by atoms with Crippen molar-refractivity contribution >= 4 is 12.1 Å². The van der Waals surface area contributed by atoms with Crippen LogP contribution in [0.3, 0.4) is 0 Å². The zero-order valence-electron chi connectivity index (χ0n) is 25.0. The Balaban J connectivity index is 1.32. The van der Waals surface area contributed by atoms with Crippen LogP contribution >= 0.6 is 0 Å². The molecule has 0 bridgehead atoms. The summed E-state index contributed by atoms with van der Waals surface area (Å²) in [5.74, 6) is 1.41. The number of carbonyl (C=O) groups is 2. The first-order valence-electron chi connectivity index (χ1n) is 14.6. The maximum absolute atomic E-state index is 13.2. The van der Waals surface area contributed by atoms with Crippen LogP contribution in [0, 0.1) is 5.82 Å². The SMILES string of the molecule is CCOC(Cc1ccc(OCCN(CCCOc2ccc(F)cc2)C(=O)Oc2ccc(Oc3ccccc3)cc2)cc1)C(=O)O. The molecule has 1 atom stereocenters. The summed E-state index contributed by atoms with van der Waals surface area (Å²) in [5.41, 5.74) is 0.801. The molecule has 0 spiro atoms. The van der Waals surface area contributed by atoms with E-state index in [-0.39, 0.29) is 25.4 Å². The summed E-state index contributed by atoms with van der Waals surface area (Å²) in [7, 11) is 0.